The molecule has 1 heterocycles. The standard InChI is InChI=1S/C20H25N3O3S/c1-14-9-10-15(2)19(12-14)27(25,26)22-18-8-4-3-7-17(18)20(24)23-11-5-6-16(21)13-23/h3-4,7-10,12,16,22H,5-6,11,13,21H2,1-2H3. The molecule has 0 aliphatic carbocycles. The first kappa shape index (κ1) is 19.4. The molecule has 1 aliphatic heterocycles. The molecule has 1 atom stereocenters. The Labute approximate surface area is 160 Å². The lowest BCUT2D eigenvalue weighted by molar-refractivity contribution is 0.0710. The molecule has 1 fully saturated rings. The Bertz CT molecular complexity index is 957. The van der Waals surface area contributed by atoms with Gasteiger partial charge in [0.25, 0.3) is 15.9 Å². The molecule has 1 saturated heterocycles. The van der Waals surface area contributed by atoms with Gasteiger partial charge in [-0.1, -0.05) is 24.3 Å². The van der Waals surface area contributed by atoms with Crippen LogP contribution in [0.25, 0.3) is 0 Å². The predicted molar refractivity (Wildman–Crippen MR) is 106 cm³/mol. The third-order valence-electron chi connectivity index (χ3n) is 4.78. The molecule has 0 spiro atoms. The molecule has 1 amide bonds. The van der Waals surface area contributed by atoms with Crippen molar-refractivity contribution >= 4 is 21.6 Å². The van der Waals surface area contributed by atoms with E-state index in [9.17, 15) is 13.2 Å². The summed E-state index contributed by atoms with van der Waals surface area (Å²) in [6, 6.07) is 11.9. The van der Waals surface area contributed by atoms with Crippen LogP contribution in [0.1, 0.15) is 34.3 Å². The van der Waals surface area contributed by atoms with E-state index in [4.69, 9.17) is 5.73 Å². The van der Waals surface area contributed by atoms with Gasteiger partial charge in [-0.3, -0.25) is 9.52 Å². The van der Waals surface area contributed by atoms with Gasteiger partial charge in [-0.2, -0.15) is 0 Å². The zero-order valence-corrected chi connectivity index (χ0v) is 16.4. The Morgan fingerprint density at radius 1 is 1.19 bits per heavy atom. The number of aryl methyl sites for hydroxylation is 2. The summed E-state index contributed by atoms with van der Waals surface area (Å²) in [5.74, 6) is -0.204. The van der Waals surface area contributed by atoms with Crippen molar-refractivity contribution in [1.29, 1.82) is 0 Å². The highest BCUT2D eigenvalue weighted by atomic mass is 32.2. The lowest BCUT2D eigenvalue weighted by Gasteiger charge is -2.31. The molecule has 0 saturated carbocycles. The van der Waals surface area contributed by atoms with Crippen LogP contribution in [0.5, 0.6) is 0 Å². The molecular formula is C20H25N3O3S. The summed E-state index contributed by atoms with van der Waals surface area (Å²) in [6.45, 7) is 4.71. The number of nitrogens with two attached hydrogens (primary N) is 1. The normalized spacial score (nSPS) is 17.6. The first-order chi connectivity index (χ1) is 12.8. The van der Waals surface area contributed by atoms with E-state index < -0.39 is 10.0 Å². The number of hydrogen-bond donors (Lipinski definition) is 2. The lowest BCUT2D eigenvalue weighted by atomic mass is 10.0. The second kappa shape index (κ2) is 7.70. The number of rotatable bonds is 4. The smallest absolute Gasteiger partial charge is 0.262 e. The first-order valence-corrected chi connectivity index (χ1v) is 10.5. The topological polar surface area (TPSA) is 92.5 Å². The summed E-state index contributed by atoms with van der Waals surface area (Å²) in [6.07, 6.45) is 1.74. The number of carbonyl (C=O) groups excluding carboxylic acids is 1. The van der Waals surface area contributed by atoms with E-state index in [0.29, 0.717) is 24.2 Å². The molecule has 0 aromatic heterocycles. The number of sulfonamides is 1. The summed E-state index contributed by atoms with van der Waals surface area (Å²) in [4.78, 5) is 14.9. The number of hydrogen-bond acceptors (Lipinski definition) is 4. The van der Waals surface area contributed by atoms with Gasteiger partial charge in [0.1, 0.15) is 0 Å². The molecule has 0 bridgehead atoms. The van der Waals surface area contributed by atoms with Gasteiger partial charge < -0.3 is 10.6 Å². The number of benzene rings is 2. The van der Waals surface area contributed by atoms with Crippen molar-refractivity contribution in [3.8, 4) is 0 Å². The van der Waals surface area contributed by atoms with E-state index in [1.165, 1.54) is 0 Å². The molecule has 3 N–H and O–H groups in total. The number of amides is 1. The number of nitrogens with zero attached hydrogens (tertiary/aromatic N) is 1. The molecular weight excluding hydrogens is 362 g/mol. The van der Waals surface area contributed by atoms with Crippen LogP contribution in [0.15, 0.2) is 47.4 Å². The van der Waals surface area contributed by atoms with Gasteiger partial charge in [-0.15, -0.1) is 0 Å². The molecule has 27 heavy (non-hydrogen) atoms. The Kier molecular flexibility index (Phi) is 5.53. The van der Waals surface area contributed by atoms with Crippen LogP contribution in [0.4, 0.5) is 5.69 Å². The monoisotopic (exact) mass is 387 g/mol. The fraction of sp³-hybridized carbons (Fsp3) is 0.350. The van der Waals surface area contributed by atoms with E-state index in [2.05, 4.69) is 4.72 Å². The lowest BCUT2D eigenvalue weighted by Crippen LogP contribution is -2.45. The van der Waals surface area contributed by atoms with Crippen molar-refractivity contribution < 1.29 is 13.2 Å². The second-order valence-electron chi connectivity index (χ2n) is 7.07. The summed E-state index contributed by atoms with van der Waals surface area (Å²) < 4.78 is 28.4. The van der Waals surface area contributed by atoms with Gasteiger partial charge in [0.05, 0.1) is 16.1 Å². The minimum atomic E-state index is -3.81. The third kappa shape index (κ3) is 4.31. The minimum absolute atomic E-state index is 0.0403. The molecule has 0 radical (unpaired) electrons. The fourth-order valence-corrected chi connectivity index (χ4v) is 4.73. The molecule has 6 nitrogen and oxygen atoms in total. The highest BCUT2D eigenvalue weighted by Gasteiger charge is 2.26. The Morgan fingerprint density at radius 3 is 2.67 bits per heavy atom. The van der Waals surface area contributed by atoms with Crippen molar-refractivity contribution in [1.82, 2.24) is 4.90 Å². The fourth-order valence-electron chi connectivity index (χ4n) is 3.32. The van der Waals surface area contributed by atoms with Gasteiger partial charge in [0, 0.05) is 19.1 Å². The zero-order chi connectivity index (χ0) is 19.6. The maximum absolute atomic E-state index is 12.9. The third-order valence-corrected chi connectivity index (χ3v) is 6.29. The largest absolute Gasteiger partial charge is 0.337 e. The van der Waals surface area contributed by atoms with Crippen molar-refractivity contribution in [2.75, 3.05) is 17.8 Å². The van der Waals surface area contributed by atoms with E-state index >= 15 is 0 Å². The van der Waals surface area contributed by atoms with Crippen LogP contribution in [0, 0.1) is 13.8 Å². The Morgan fingerprint density at radius 2 is 1.93 bits per heavy atom. The summed E-state index contributed by atoms with van der Waals surface area (Å²) >= 11 is 0. The SMILES string of the molecule is Cc1ccc(C)c(S(=O)(=O)Nc2ccccc2C(=O)N2CCCC(N)C2)c1. The van der Waals surface area contributed by atoms with Gasteiger partial charge in [0.15, 0.2) is 0 Å². The average molecular weight is 388 g/mol. The summed E-state index contributed by atoms with van der Waals surface area (Å²) in [5.41, 5.74) is 8.10. The van der Waals surface area contributed by atoms with Gasteiger partial charge in [0.2, 0.25) is 0 Å². The maximum Gasteiger partial charge on any atom is 0.262 e. The first-order valence-electron chi connectivity index (χ1n) is 9.02. The van der Waals surface area contributed by atoms with Gasteiger partial charge in [-0.25, -0.2) is 8.42 Å². The highest BCUT2D eigenvalue weighted by molar-refractivity contribution is 7.92. The highest BCUT2D eigenvalue weighted by Crippen LogP contribution is 2.25. The van der Waals surface area contributed by atoms with E-state index in [1.807, 2.05) is 13.0 Å². The van der Waals surface area contributed by atoms with Crippen molar-refractivity contribution in [3.63, 3.8) is 0 Å². The van der Waals surface area contributed by atoms with E-state index in [1.54, 1.807) is 48.2 Å². The molecule has 144 valence electrons. The number of piperidine rings is 1. The minimum Gasteiger partial charge on any atom is -0.337 e. The van der Waals surface area contributed by atoms with Crippen LogP contribution in [-0.2, 0) is 10.0 Å². The summed E-state index contributed by atoms with van der Waals surface area (Å²) in [5, 5.41) is 0. The molecule has 1 aliphatic rings. The maximum atomic E-state index is 12.9. The molecule has 1 unspecified atom stereocenters. The average Bonchev–Trinajstić information content (AvgIpc) is 2.63. The van der Waals surface area contributed by atoms with Crippen molar-refractivity contribution in [2.45, 2.75) is 37.6 Å². The number of para-hydroxylation sites is 1. The predicted octanol–water partition coefficient (Wildman–Crippen LogP) is 2.67. The van der Waals surface area contributed by atoms with E-state index in [0.717, 1.165) is 18.4 Å². The van der Waals surface area contributed by atoms with Crippen molar-refractivity contribution in [2.24, 2.45) is 5.73 Å². The van der Waals surface area contributed by atoms with Gasteiger partial charge >= 0.3 is 0 Å². The molecule has 2 aromatic carbocycles. The second-order valence-corrected chi connectivity index (χ2v) is 8.72. The van der Waals surface area contributed by atoms with Gasteiger partial charge in [-0.05, 0) is 56.0 Å². The molecule has 7 heteroatoms. The van der Waals surface area contributed by atoms with Crippen LogP contribution in [0.3, 0.4) is 0 Å². The molecule has 2 aromatic rings. The molecule has 3 rings (SSSR count). The van der Waals surface area contributed by atoms with Crippen molar-refractivity contribution in [3.05, 3.63) is 59.2 Å². The number of anilines is 1. The number of carbonyl (C=O) groups is 1. The van der Waals surface area contributed by atoms with Crippen LogP contribution in [-0.4, -0.2) is 38.4 Å². The Hall–Kier alpha value is -2.38. The van der Waals surface area contributed by atoms with Crippen LogP contribution < -0.4 is 10.5 Å². The van der Waals surface area contributed by atoms with E-state index in [-0.39, 0.29) is 22.5 Å². The van der Waals surface area contributed by atoms with Crippen LogP contribution in [0.2, 0.25) is 0 Å². The number of nitrogens with one attached hydrogen (secondary N) is 1. The van der Waals surface area contributed by atoms with Crippen LogP contribution >= 0.6 is 0 Å². The number of likely N-dealkylation sites (tertiary alicyclic amines) is 1. The Balaban J connectivity index is 1.92. The quantitative estimate of drug-likeness (QED) is 0.844. The zero-order valence-electron chi connectivity index (χ0n) is 15.6. The summed E-state index contributed by atoms with van der Waals surface area (Å²) in [7, 11) is -3.81.